The first-order valence-corrected chi connectivity index (χ1v) is 24.0. The number of piperazine rings is 1. The minimum absolute atomic E-state index is 0.0740. The lowest BCUT2D eigenvalue weighted by Crippen LogP contribution is -2.54. The maximum atomic E-state index is 13.5. The van der Waals surface area contributed by atoms with Gasteiger partial charge in [0.25, 0.3) is 0 Å². The smallest absolute Gasteiger partial charge is 0.240 e. The number of aryl methyl sites for hydroxylation is 1. The number of rotatable bonds is 12. The molecule has 6 heterocycles. The molecular formula is C46H54BrN15O3S. The number of halogens is 1. The minimum atomic E-state index is -3.66. The molecule has 7 aromatic rings. The van der Waals surface area contributed by atoms with E-state index in [1.54, 1.807) is 22.1 Å². The van der Waals surface area contributed by atoms with Crippen molar-refractivity contribution in [2.24, 2.45) is 4.99 Å². The fourth-order valence-electron chi connectivity index (χ4n) is 8.04. The first-order chi connectivity index (χ1) is 31.9. The number of H-pyrrole nitrogens is 1. The van der Waals surface area contributed by atoms with Crippen molar-refractivity contribution < 1.29 is 13.2 Å². The Balaban J connectivity index is 0.000000215. The van der Waals surface area contributed by atoms with Crippen molar-refractivity contribution in [3.8, 4) is 22.8 Å². The third-order valence-corrected chi connectivity index (χ3v) is 13.8. The Morgan fingerprint density at radius 1 is 0.970 bits per heavy atom. The second-order valence-corrected chi connectivity index (χ2v) is 19.3. The molecule has 0 bridgehead atoms. The third-order valence-electron chi connectivity index (χ3n) is 11.3. The Kier molecular flexibility index (Phi) is 14.2. The number of piperidine rings is 1. The molecule has 4 aromatic heterocycles. The molecule has 2 atom stereocenters. The average molecular weight is 977 g/mol. The van der Waals surface area contributed by atoms with Gasteiger partial charge < -0.3 is 30.9 Å². The molecule has 0 spiro atoms. The molecule has 0 amide bonds. The van der Waals surface area contributed by atoms with Crippen LogP contribution in [0.4, 0.5) is 23.4 Å². The number of aromatic nitrogens is 8. The van der Waals surface area contributed by atoms with E-state index in [0.29, 0.717) is 60.0 Å². The van der Waals surface area contributed by atoms with Gasteiger partial charge in [-0.05, 0) is 98.1 Å². The van der Waals surface area contributed by atoms with Gasteiger partial charge >= 0.3 is 0 Å². The van der Waals surface area contributed by atoms with E-state index in [2.05, 4.69) is 82.1 Å². The van der Waals surface area contributed by atoms with Crippen LogP contribution >= 0.6 is 15.9 Å². The van der Waals surface area contributed by atoms with E-state index in [1.165, 1.54) is 6.33 Å². The number of sulfonamides is 1. The standard InChI is InChI=1S/C29H41BrN10O2S.C17H13N5O/c1-20-9-11-24(12-10-20)39(19-23(4)43(41,42)38-13-7-6-8-14-38)26(31-5)16-32-28-36-29(35-27-25(30)15-33-40(27)28)37-17-21(2)34-22(3)18-37;18-16-14-15(21-22-17(14)20-10-19-16)11-6-8-13(9-7-11)23-12-4-2-1-3-5-12/h9-12,15,21-22,34H,4,6-8,13-14,16-19H2,1-3,5H3,(H,32,35,36);1-10H,(H3,18,19,20,21,22). The quantitative estimate of drug-likeness (QED) is 0.0714. The minimum Gasteiger partial charge on any atom is -0.457 e. The van der Waals surface area contributed by atoms with Gasteiger partial charge in [-0.15, -0.1) is 0 Å². The van der Waals surface area contributed by atoms with Crippen LogP contribution in [0.25, 0.3) is 27.9 Å². The number of aliphatic imine (C=N–C) groups is 1. The van der Waals surface area contributed by atoms with Crippen LogP contribution in [0.3, 0.4) is 0 Å². The van der Waals surface area contributed by atoms with Gasteiger partial charge in [0.2, 0.25) is 21.9 Å². The summed E-state index contributed by atoms with van der Waals surface area (Å²) in [5.74, 6) is 3.71. The number of hydrogen-bond donors (Lipinski definition) is 4. The molecule has 18 nitrogen and oxygen atoms in total. The maximum absolute atomic E-state index is 13.5. The average Bonchev–Trinajstić information content (AvgIpc) is 3.94. The second-order valence-electron chi connectivity index (χ2n) is 16.4. The highest BCUT2D eigenvalue weighted by Crippen LogP contribution is 2.31. The molecule has 5 N–H and O–H groups in total. The number of aromatic amines is 1. The van der Waals surface area contributed by atoms with Crippen molar-refractivity contribution in [2.45, 2.75) is 52.1 Å². The Labute approximate surface area is 392 Å². The highest BCUT2D eigenvalue weighted by atomic mass is 79.9. The van der Waals surface area contributed by atoms with Gasteiger partial charge in [-0.25, -0.2) is 18.4 Å². The first kappa shape index (κ1) is 46.1. The number of fused-ring (bicyclic) bond motifs is 2. The highest BCUT2D eigenvalue weighted by molar-refractivity contribution is 9.10. The number of nitrogen functional groups attached to an aromatic ring is 1. The molecule has 3 aromatic carbocycles. The topological polar surface area (TPSA) is 213 Å². The number of nitrogens with two attached hydrogens (primary N) is 1. The van der Waals surface area contributed by atoms with E-state index in [4.69, 9.17) is 20.4 Å². The summed E-state index contributed by atoms with van der Waals surface area (Å²) in [7, 11) is -1.96. The molecule has 2 unspecified atom stereocenters. The zero-order valence-electron chi connectivity index (χ0n) is 37.4. The molecule has 344 valence electrons. The summed E-state index contributed by atoms with van der Waals surface area (Å²) in [6.45, 7) is 13.3. The lowest BCUT2D eigenvalue weighted by molar-refractivity contribution is 0.349. The highest BCUT2D eigenvalue weighted by Gasteiger charge is 2.30. The van der Waals surface area contributed by atoms with Crippen LogP contribution in [0, 0.1) is 6.92 Å². The van der Waals surface area contributed by atoms with Gasteiger partial charge in [0.05, 0.1) is 39.7 Å². The fourth-order valence-corrected chi connectivity index (χ4v) is 9.79. The molecule has 2 fully saturated rings. The van der Waals surface area contributed by atoms with E-state index in [0.717, 1.165) is 76.2 Å². The van der Waals surface area contributed by atoms with E-state index in [9.17, 15) is 8.42 Å². The van der Waals surface area contributed by atoms with Crippen LogP contribution in [-0.2, 0) is 10.0 Å². The lowest BCUT2D eigenvalue weighted by atomic mass is 10.1. The van der Waals surface area contributed by atoms with Crippen LogP contribution in [0.2, 0.25) is 0 Å². The summed E-state index contributed by atoms with van der Waals surface area (Å²) >= 11 is 3.58. The monoisotopic (exact) mass is 975 g/mol. The molecule has 0 radical (unpaired) electrons. The van der Waals surface area contributed by atoms with Gasteiger partial charge in [0.1, 0.15) is 29.5 Å². The van der Waals surface area contributed by atoms with Crippen LogP contribution in [0.15, 0.2) is 112 Å². The van der Waals surface area contributed by atoms with Crippen molar-refractivity contribution >= 4 is 71.9 Å². The van der Waals surface area contributed by atoms with Crippen molar-refractivity contribution in [3.05, 3.63) is 113 Å². The maximum Gasteiger partial charge on any atom is 0.240 e. The van der Waals surface area contributed by atoms with E-state index >= 15 is 0 Å². The van der Waals surface area contributed by atoms with Crippen LogP contribution in [-0.4, -0.2) is 117 Å². The molecule has 9 rings (SSSR count). The summed E-state index contributed by atoms with van der Waals surface area (Å²) < 4.78 is 36.7. The molecule has 0 aliphatic carbocycles. The van der Waals surface area contributed by atoms with Crippen LogP contribution in [0.5, 0.6) is 11.5 Å². The predicted octanol–water partition coefficient (Wildman–Crippen LogP) is 7.05. The number of para-hydroxylation sites is 1. The Hall–Kier alpha value is -6.48. The van der Waals surface area contributed by atoms with E-state index in [1.807, 2.05) is 90.7 Å². The number of nitrogens with zero attached hydrogens (tertiary/aromatic N) is 11. The molecule has 2 aliphatic heterocycles. The largest absolute Gasteiger partial charge is 0.457 e. The molecule has 2 aliphatic rings. The molecule has 20 heteroatoms. The normalized spacial score (nSPS) is 17.0. The van der Waals surface area contributed by atoms with Crippen LogP contribution in [0.1, 0.15) is 38.7 Å². The van der Waals surface area contributed by atoms with Gasteiger partial charge in [0.15, 0.2) is 11.3 Å². The number of benzene rings is 3. The predicted molar refractivity (Wildman–Crippen MR) is 265 cm³/mol. The lowest BCUT2D eigenvalue weighted by Gasteiger charge is -2.36. The third kappa shape index (κ3) is 10.5. The molecule has 2 saturated heterocycles. The number of hydrogen-bond acceptors (Lipinski definition) is 14. The number of ether oxygens (including phenoxy) is 1. The van der Waals surface area contributed by atoms with Crippen molar-refractivity contribution in [2.75, 3.05) is 67.2 Å². The van der Waals surface area contributed by atoms with Crippen molar-refractivity contribution in [1.29, 1.82) is 0 Å². The van der Waals surface area contributed by atoms with Gasteiger partial charge in [0, 0.05) is 56.6 Å². The molecule has 0 saturated carbocycles. The Morgan fingerprint density at radius 3 is 2.36 bits per heavy atom. The Morgan fingerprint density at radius 2 is 1.67 bits per heavy atom. The molecular weight excluding hydrogens is 923 g/mol. The number of nitrogens with one attached hydrogen (secondary N) is 3. The fraction of sp³-hybridized carbons (Fsp3) is 0.326. The van der Waals surface area contributed by atoms with Crippen molar-refractivity contribution in [3.63, 3.8) is 0 Å². The zero-order chi connectivity index (χ0) is 46.4. The summed E-state index contributed by atoms with van der Waals surface area (Å²) in [4.78, 5) is 26.6. The van der Waals surface area contributed by atoms with E-state index in [-0.39, 0.29) is 18.0 Å². The van der Waals surface area contributed by atoms with Gasteiger partial charge in [-0.1, -0.05) is 48.9 Å². The van der Waals surface area contributed by atoms with E-state index < -0.39 is 10.0 Å². The van der Waals surface area contributed by atoms with Crippen LogP contribution < -0.4 is 30.9 Å². The molecule has 66 heavy (non-hydrogen) atoms. The van der Waals surface area contributed by atoms with Gasteiger partial charge in [-0.2, -0.15) is 29.0 Å². The number of anilines is 4. The SMILES string of the molecule is C=C(CN(C(CNc1nc(N2CC(C)NC(C)C2)nc2c(Br)cnn12)=NC)c1ccc(C)cc1)S(=O)(=O)N1CCCCC1.Nc1ncnc2n[nH]c(-c3ccc(Oc4ccccc4)cc3)c12. The van der Waals surface area contributed by atoms with Crippen molar-refractivity contribution in [1.82, 2.24) is 49.4 Å². The summed E-state index contributed by atoms with van der Waals surface area (Å²) in [6, 6.07) is 25.9. The summed E-state index contributed by atoms with van der Waals surface area (Å²) in [5, 5.41) is 19.3. The van der Waals surface area contributed by atoms with Gasteiger partial charge in [-0.3, -0.25) is 10.1 Å². The first-order valence-electron chi connectivity index (χ1n) is 21.8. The Bertz CT molecular complexity index is 2910. The number of amidine groups is 1. The summed E-state index contributed by atoms with van der Waals surface area (Å²) in [6.07, 6.45) is 5.88. The summed E-state index contributed by atoms with van der Waals surface area (Å²) in [5.41, 5.74) is 10.8. The zero-order valence-corrected chi connectivity index (χ0v) is 39.8. The second kappa shape index (κ2) is 20.4.